The lowest BCUT2D eigenvalue weighted by molar-refractivity contribution is -0.183. The molecule has 0 saturated heterocycles. The van der Waals surface area contributed by atoms with Gasteiger partial charge in [0.25, 0.3) is 12.1 Å². The second kappa shape index (κ2) is 5.37. The van der Waals surface area contributed by atoms with Crippen molar-refractivity contribution in [2.45, 2.75) is 32.1 Å². The van der Waals surface area contributed by atoms with E-state index in [9.17, 15) is 22.4 Å². The third-order valence-corrected chi connectivity index (χ3v) is 2.36. The van der Waals surface area contributed by atoms with Crippen LogP contribution in [0.1, 0.15) is 25.3 Å². The molecule has 0 unspecified atom stereocenters. The Morgan fingerprint density at radius 1 is 1.17 bits per heavy atom. The number of hydrogen-bond acceptors (Lipinski definition) is 1. The predicted molar refractivity (Wildman–Crippen MR) is 60.1 cm³/mol. The van der Waals surface area contributed by atoms with Crippen LogP contribution in [0.2, 0.25) is 0 Å². The third-order valence-electron chi connectivity index (χ3n) is 2.36. The average molecular weight is 263 g/mol. The van der Waals surface area contributed by atoms with E-state index >= 15 is 0 Å². The molecule has 100 valence electrons. The summed E-state index contributed by atoms with van der Waals surface area (Å²) in [6.45, 7) is 3.91. The van der Waals surface area contributed by atoms with Gasteiger partial charge in [-0.25, -0.2) is 4.39 Å². The van der Waals surface area contributed by atoms with E-state index in [0.717, 1.165) is 5.56 Å². The normalized spacial score (nSPS) is 13.5. The van der Waals surface area contributed by atoms with Gasteiger partial charge in [-0.05, 0) is 23.6 Å². The summed E-state index contributed by atoms with van der Waals surface area (Å²) < 4.78 is 48.5. The number of benzene rings is 1. The zero-order valence-electron chi connectivity index (χ0n) is 9.88. The molecule has 1 rings (SSSR count). The fraction of sp³-hybridized carbons (Fsp3) is 0.417. The average Bonchev–Trinajstić information content (AvgIpc) is 2.27. The van der Waals surface area contributed by atoms with E-state index in [4.69, 9.17) is 0 Å². The Hall–Kier alpha value is -1.59. The number of hydrogen-bond donors (Lipinski definition) is 1. The lowest BCUT2D eigenvalue weighted by Crippen LogP contribution is -2.36. The molecule has 0 radical (unpaired) electrons. The van der Waals surface area contributed by atoms with E-state index in [2.05, 4.69) is 0 Å². The Morgan fingerprint density at radius 2 is 1.67 bits per heavy atom. The summed E-state index contributed by atoms with van der Waals surface area (Å²) in [6.07, 6.45) is -8.69. The van der Waals surface area contributed by atoms with Gasteiger partial charge in [0, 0.05) is 5.69 Å². The topological polar surface area (TPSA) is 29.1 Å². The van der Waals surface area contributed by atoms with Crippen LogP contribution in [0.3, 0.4) is 0 Å². The van der Waals surface area contributed by atoms with E-state index < -0.39 is 18.3 Å². The van der Waals surface area contributed by atoms with E-state index in [1.54, 1.807) is 12.1 Å². The molecular formula is C12H13F4NO. The first kappa shape index (κ1) is 14.5. The number of carbonyl (C=O) groups is 1. The zero-order valence-corrected chi connectivity index (χ0v) is 9.88. The van der Waals surface area contributed by atoms with Crippen LogP contribution in [0, 0.1) is 0 Å². The molecule has 0 heterocycles. The molecule has 18 heavy (non-hydrogen) atoms. The standard InChI is InChI=1S/C12H13F4NO/c1-7(2)8-3-5-9(6-4-8)17-11(18)10(13)12(14,15)16/h3-7,10H,1-2H3,(H,17,18)/t10-/m1/s1. The minimum atomic E-state index is -5.18. The SMILES string of the molecule is CC(C)c1ccc(NC(=O)[C@@H](F)C(F)(F)F)cc1. The minimum absolute atomic E-state index is 0.135. The van der Waals surface area contributed by atoms with Gasteiger partial charge in [0.2, 0.25) is 0 Å². The fourth-order valence-corrected chi connectivity index (χ4v) is 1.31. The van der Waals surface area contributed by atoms with E-state index in [0.29, 0.717) is 0 Å². The van der Waals surface area contributed by atoms with Crippen molar-refractivity contribution in [2.24, 2.45) is 0 Å². The van der Waals surface area contributed by atoms with Gasteiger partial charge in [0.05, 0.1) is 0 Å². The first-order chi connectivity index (χ1) is 8.21. The van der Waals surface area contributed by atoms with E-state index in [-0.39, 0.29) is 11.6 Å². The number of alkyl halides is 4. The third kappa shape index (κ3) is 3.72. The predicted octanol–water partition coefficient (Wildman–Crippen LogP) is 3.65. The number of rotatable bonds is 3. The highest BCUT2D eigenvalue weighted by Gasteiger charge is 2.45. The first-order valence-corrected chi connectivity index (χ1v) is 5.33. The van der Waals surface area contributed by atoms with Crippen molar-refractivity contribution in [1.29, 1.82) is 0 Å². The van der Waals surface area contributed by atoms with Crippen molar-refractivity contribution in [2.75, 3.05) is 5.32 Å². The van der Waals surface area contributed by atoms with Crippen molar-refractivity contribution in [3.63, 3.8) is 0 Å². The zero-order chi connectivity index (χ0) is 13.9. The van der Waals surface area contributed by atoms with E-state index in [1.807, 2.05) is 19.2 Å². The smallest absolute Gasteiger partial charge is 0.323 e. The van der Waals surface area contributed by atoms with Crippen molar-refractivity contribution in [1.82, 2.24) is 0 Å². The molecule has 1 aromatic carbocycles. The van der Waals surface area contributed by atoms with Gasteiger partial charge in [-0.1, -0.05) is 26.0 Å². The Labute approximate surface area is 102 Å². The van der Waals surface area contributed by atoms with Crippen molar-refractivity contribution < 1.29 is 22.4 Å². The Kier molecular flexibility index (Phi) is 4.32. The molecule has 0 aliphatic rings. The molecular weight excluding hydrogens is 250 g/mol. The maximum Gasteiger partial charge on any atom is 0.428 e. The number of nitrogens with one attached hydrogen (secondary N) is 1. The molecule has 1 amide bonds. The molecule has 0 aliphatic carbocycles. The molecule has 0 bridgehead atoms. The van der Waals surface area contributed by atoms with Crippen molar-refractivity contribution >= 4 is 11.6 Å². The van der Waals surface area contributed by atoms with Crippen LogP contribution in [-0.4, -0.2) is 18.3 Å². The molecule has 0 aromatic heterocycles. The van der Waals surface area contributed by atoms with Crippen LogP contribution in [0.4, 0.5) is 23.2 Å². The summed E-state index contributed by atoms with van der Waals surface area (Å²) in [7, 11) is 0. The number of carbonyl (C=O) groups excluding carboxylic acids is 1. The number of halogens is 4. The van der Waals surface area contributed by atoms with Crippen LogP contribution in [0.25, 0.3) is 0 Å². The molecule has 6 heteroatoms. The second-order valence-corrected chi connectivity index (χ2v) is 4.17. The first-order valence-electron chi connectivity index (χ1n) is 5.33. The molecule has 0 aliphatic heterocycles. The molecule has 0 spiro atoms. The summed E-state index contributed by atoms with van der Waals surface area (Å²) in [4.78, 5) is 11.0. The molecule has 1 N–H and O–H groups in total. The maximum absolute atomic E-state index is 12.7. The largest absolute Gasteiger partial charge is 0.428 e. The Morgan fingerprint density at radius 3 is 2.06 bits per heavy atom. The Bertz CT molecular complexity index is 411. The monoisotopic (exact) mass is 263 g/mol. The molecule has 0 saturated carbocycles. The summed E-state index contributed by atoms with van der Waals surface area (Å²) in [6, 6.07) is 6.22. The molecule has 1 atom stereocenters. The number of anilines is 1. The summed E-state index contributed by atoms with van der Waals surface area (Å²) >= 11 is 0. The van der Waals surface area contributed by atoms with Gasteiger partial charge in [-0.2, -0.15) is 13.2 Å². The van der Waals surface area contributed by atoms with Gasteiger partial charge in [0.1, 0.15) is 0 Å². The number of amides is 1. The van der Waals surface area contributed by atoms with Gasteiger partial charge < -0.3 is 5.32 Å². The highest BCUT2D eigenvalue weighted by atomic mass is 19.4. The van der Waals surface area contributed by atoms with Crippen LogP contribution >= 0.6 is 0 Å². The highest BCUT2D eigenvalue weighted by Crippen LogP contribution is 2.24. The minimum Gasteiger partial charge on any atom is -0.323 e. The van der Waals surface area contributed by atoms with Crippen LogP contribution in [0.15, 0.2) is 24.3 Å². The molecule has 1 aromatic rings. The van der Waals surface area contributed by atoms with Crippen LogP contribution in [0.5, 0.6) is 0 Å². The lowest BCUT2D eigenvalue weighted by atomic mass is 10.0. The van der Waals surface area contributed by atoms with Gasteiger partial charge in [-0.15, -0.1) is 0 Å². The highest BCUT2D eigenvalue weighted by molar-refractivity contribution is 5.94. The molecule has 0 fully saturated rings. The lowest BCUT2D eigenvalue weighted by Gasteiger charge is -2.13. The Balaban J connectivity index is 2.71. The van der Waals surface area contributed by atoms with Crippen molar-refractivity contribution in [3.05, 3.63) is 29.8 Å². The quantitative estimate of drug-likeness (QED) is 0.829. The van der Waals surface area contributed by atoms with Gasteiger partial charge in [-0.3, -0.25) is 4.79 Å². The van der Waals surface area contributed by atoms with Crippen LogP contribution in [-0.2, 0) is 4.79 Å². The van der Waals surface area contributed by atoms with Crippen LogP contribution < -0.4 is 5.32 Å². The van der Waals surface area contributed by atoms with Gasteiger partial charge >= 0.3 is 6.18 Å². The maximum atomic E-state index is 12.7. The van der Waals surface area contributed by atoms with Crippen molar-refractivity contribution in [3.8, 4) is 0 Å². The summed E-state index contributed by atoms with van der Waals surface area (Å²) in [5.41, 5.74) is 1.11. The van der Waals surface area contributed by atoms with Gasteiger partial charge in [0.15, 0.2) is 0 Å². The summed E-state index contributed by atoms with van der Waals surface area (Å²) in [5, 5.41) is 1.88. The summed E-state index contributed by atoms with van der Waals surface area (Å²) in [5.74, 6) is -1.45. The van der Waals surface area contributed by atoms with E-state index in [1.165, 1.54) is 12.1 Å². The second-order valence-electron chi connectivity index (χ2n) is 4.17. The fourth-order valence-electron chi connectivity index (χ4n) is 1.31. The molecule has 2 nitrogen and oxygen atoms in total.